The van der Waals surface area contributed by atoms with Crippen LogP contribution in [0.5, 0.6) is 0 Å². The number of nitrogens with one attached hydrogen (secondary N) is 1. The predicted molar refractivity (Wildman–Crippen MR) is 102 cm³/mol. The Balaban J connectivity index is 1.73. The van der Waals surface area contributed by atoms with E-state index in [0.717, 1.165) is 15.8 Å². The molecule has 1 aromatic heterocycles. The number of thioether (sulfide) groups is 1. The van der Waals surface area contributed by atoms with Crippen molar-refractivity contribution in [2.75, 3.05) is 12.4 Å². The first-order chi connectivity index (χ1) is 14.5. The zero-order valence-corrected chi connectivity index (χ0v) is 17.5. The number of carbonyl (C=O) groups is 4. The lowest BCUT2D eigenvalue weighted by Crippen LogP contribution is -2.71. The van der Waals surface area contributed by atoms with Crippen LogP contribution in [0.2, 0.25) is 0 Å². The number of nitrogens with zero attached hydrogens (tertiary/aromatic N) is 4. The van der Waals surface area contributed by atoms with Crippen LogP contribution in [0.25, 0.3) is 0 Å². The second-order valence-electron chi connectivity index (χ2n) is 6.93. The number of rotatable bonds is 7. The number of hydrogen-bond acceptors (Lipinski definition) is 10. The predicted octanol–water partition coefficient (Wildman–Crippen LogP) is -1.37. The summed E-state index contributed by atoms with van der Waals surface area (Å²) in [7, 11) is 0. The molecule has 1 fully saturated rings. The van der Waals surface area contributed by atoms with Crippen LogP contribution in [0.3, 0.4) is 0 Å². The number of hydrogen-bond donors (Lipinski definition) is 1. The van der Waals surface area contributed by atoms with Gasteiger partial charge >= 0.3 is 11.7 Å². The number of aromatic nitrogens is 2. The number of amides is 2. The number of nitro groups is 1. The second kappa shape index (κ2) is 8.37. The van der Waals surface area contributed by atoms with Crippen LogP contribution in [0, 0.1) is 17.0 Å². The van der Waals surface area contributed by atoms with E-state index in [4.69, 9.17) is 4.74 Å². The van der Waals surface area contributed by atoms with Gasteiger partial charge in [0.2, 0.25) is 5.91 Å². The number of carboxylic acids is 1. The first-order valence-corrected chi connectivity index (χ1v) is 10.1. The van der Waals surface area contributed by atoms with Gasteiger partial charge in [-0.15, -0.1) is 11.8 Å². The van der Waals surface area contributed by atoms with Crippen LogP contribution in [0.1, 0.15) is 25.6 Å². The topological polar surface area (TPSA) is 177 Å². The van der Waals surface area contributed by atoms with E-state index in [9.17, 15) is 34.4 Å². The standard InChI is InChI=1S/C17H19N5O8S/c1-7-11(22(28)29)4-20(19-7)8(2)14(24)18-12-15(25)21-13(17(26)27)10(5-30-9(3)23)6-31-16(12)21/h4,8,12,16H,5-6H2,1-3H3,(H,18,24)(H,26,27)/p-1. The highest BCUT2D eigenvalue weighted by atomic mass is 32.2. The minimum Gasteiger partial charge on any atom is -0.543 e. The maximum Gasteiger partial charge on any atom is 0.309 e. The molecule has 0 aromatic carbocycles. The van der Waals surface area contributed by atoms with E-state index >= 15 is 0 Å². The van der Waals surface area contributed by atoms with Crippen molar-refractivity contribution in [2.45, 2.75) is 38.2 Å². The molecule has 166 valence electrons. The highest BCUT2D eigenvalue weighted by Crippen LogP contribution is 2.40. The lowest BCUT2D eigenvalue weighted by molar-refractivity contribution is -0.385. The normalized spacial score (nSPS) is 21.1. The van der Waals surface area contributed by atoms with Gasteiger partial charge < -0.3 is 20.0 Å². The molecule has 0 bridgehead atoms. The summed E-state index contributed by atoms with van der Waals surface area (Å²) in [4.78, 5) is 59.1. The Kier molecular flexibility index (Phi) is 6.01. The third-order valence-electron chi connectivity index (χ3n) is 4.85. The van der Waals surface area contributed by atoms with Gasteiger partial charge in [0.1, 0.15) is 36.0 Å². The molecule has 3 rings (SSSR count). The fourth-order valence-electron chi connectivity index (χ4n) is 3.22. The van der Waals surface area contributed by atoms with Crippen LogP contribution in [0.4, 0.5) is 5.69 Å². The summed E-state index contributed by atoms with van der Waals surface area (Å²) in [5.41, 5.74) is -0.242. The lowest BCUT2D eigenvalue weighted by atomic mass is 10.0. The molecule has 31 heavy (non-hydrogen) atoms. The summed E-state index contributed by atoms with van der Waals surface area (Å²) in [5, 5.41) is 28.4. The van der Waals surface area contributed by atoms with Gasteiger partial charge in [-0.25, -0.2) is 0 Å². The Morgan fingerprint density at radius 1 is 1.45 bits per heavy atom. The number of aryl methyl sites for hydroxylation is 1. The minimum atomic E-state index is -1.58. The molecule has 0 spiro atoms. The van der Waals surface area contributed by atoms with E-state index in [1.54, 1.807) is 0 Å². The first-order valence-electron chi connectivity index (χ1n) is 9.04. The van der Waals surface area contributed by atoms with Gasteiger partial charge in [0, 0.05) is 18.2 Å². The van der Waals surface area contributed by atoms with E-state index < -0.39 is 46.1 Å². The molecule has 0 aliphatic carbocycles. The average Bonchev–Trinajstić information content (AvgIpc) is 3.10. The van der Waals surface area contributed by atoms with Gasteiger partial charge in [0.25, 0.3) is 5.91 Å². The zero-order chi connectivity index (χ0) is 23.0. The van der Waals surface area contributed by atoms with E-state index in [2.05, 4.69) is 10.4 Å². The zero-order valence-electron chi connectivity index (χ0n) is 16.7. The van der Waals surface area contributed by atoms with Crippen LogP contribution in [-0.2, 0) is 23.9 Å². The summed E-state index contributed by atoms with van der Waals surface area (Å²) in [6.45, 7) is 3.79. The number of carbonyl (C=O) groups excluding carboxylic acids is 4. The fourth-order valence-corrected chi connectivity index (χ4v) is 4.54. The number of ether oxygens (including phenoxy) is 1. The Morgan fingerprint density at radius 2 is 2.13 bits per heavy atom. The lowest BCUT2D eigenvalue weighted by Gasteiger charge is -2.50. The van der Waals surface area contributed by atoms with E-state index in [-0.39, 0.29) is 35.0 Å². The number of esters is 1. The van der Waals surface area contributed by atoms with Gasteiger partial charge in [-0.1, -0.05) is 0 Å². The summed E-state index contributed by atoms with van der Waals surface area (Å²) >= 11 is 1.20. The molecule has 2 aliphatic heterocycles. The molecule has 3 unspecified atom stereocenters. The fraction of sp³-hybridized carbons (Fsp3) is 0.471. The van der Waals surface area contributed by atoms with Gasteiger partial charge in [-0.2, -0.15) is 5.10 Å². The van der Waals surface area contributed by atoms with Crippen molar-refractivity contribution < 1.29 is 33.9 Å². The van der Waals surface area contributed by atoms with Crippen molar-refractivity contribution in [1.82, 2.24) is 20.0 Å². The van der Waals surface area contributed by atoms with Gasteiger partial charge in [0.15, 0.2) is 0 Å². The summed E-state index contributed by atoms with van der Waals surface area (Å²) in [6, 6.07) is -1.94. The third-order valence-corrected chi connectivity index (χ3v) is 6.19. The van der Waals surface area contributed by atoms with Crippen molar-refractivity contribution in [3.05, 3.63) is 33.3 Å². The highest BCUT2D eigenvalue weighted by Gasteiger charge is 2.53. The molecule has 13 nitrogen and oxygen atoms in total. The minimum absolute atomic E-state index is 0.141. The Morgan fingerprint density at radius 3 is 2.68 bits per heavy atom. The Hall–Kier alpha value is -3.42. The average molecular weight is 452 g/mol. The molecule has 1 saturated heterocycles. The Bertz CT molecular complexity index is 1020. The molecular formula is C17H18N5O8S-. The maximum absolute atomic E-state index is 12.6. The number of fused-ring (bicyclic) bond motifs is 1. The summed E-state index contributed by atoms with van der Waals surface area (Å²) in [6.07, 6.45) is 1.13. The van der Waals surface area contributed by atoms with Crippen molar-refractivity contribution in [1.29, 1.82) is 0 Å². The largest absolute Gasteiger partial charge is 0.543 e. The molecule has 0 radical (unpaired) electrons. The van der Waals surface area contributed by atoms with Crippen LogP contribution >= 0.6 is 11.8 Å². The van der Waals surface area contributed by atoms with E-state index in [0.29, 0.717) is 0 Å². The molecular weight excluding hydrogens is 434 g/mol. The van der Waals surface area contributed by atoms with Crippen molar-refractivity contribution >= 4 is 41.2 Å². The molecule has 1 aromatic rings. The number of β-lactam (4-membered cyclic amide) rings is 1. The monoisotopic (exact) mass is 452 g/mol. The molecule has 14 heteroatoms. The Labute approximate surface area is 179 Å². The van der Waals surface area contributed by atoms with Crippen molar-refractivity contribution in [2.24, 2.45) is 0 Å². The SMILES string of the molecule is CC(=O)OCC1=C(C(=O)[O-])N2C(=O)C(NC(=O)C(C)n3cc([N+](=O)[O-])c(C)n3)C2SC1. The smallest absolute Gasteiger partial charge is 0.309 e. The van der Waals surface area contributed by atoms with Crippen LogP contribution in [0.15, 0.2) is 17.5 Å². The third kappa shape index (κ3) is 4.10. The second-order valence-corrected chi connectivity index (χ2v) is 8.03. The van der Waals surface area contributed by atoms with Crippen LogP contribution in [-0.4, -0.2) is 67.1 Å². The van der Waals surface area contributed by atoms with Crippen molar-refractivity contribution in [3.8, 4) is 0 Å². The molecule has 2 aliphatic rings. The quantitative estimate of drug-likeness (QED) is 0.225. The van der Waals surface area contributed by atoms with Crippen LogP contribution < -0.4 is 10.4 Å². The molecule has 3 heterocycles. The first kappa shape index (κ1) is 22.3. The van der Waals surface area contributed by atoms with Crippen molar-refractivity contribution in [3.63, 3.8) is 0 Å². The highest BCUT2D eigenvalue weighted by molar-refractivity contribution is 8.00. The maximum atomic E-state index is 12.6. The van der Waals surface area contributed by atoms with Gasteiger partial charge in [-0.3, -0.25) is 34.1 Å². The molecule has 2 amide bonds. The molecule has 1 N–H and O–H groups in total. The van der Waals surface area contributed by atoms with Gasteiger partial charge in [0.05, 0.1) is 16.6 Å². The molecule has 3 atom stereocenters. The summed E-state index contributed by atoms with van der Waals surface area (Å²) < 4.78 is 5.96. The van der Waals surface area contributed by atoms with Gasteiger partial charge in [-0.05, 0) is 13.8 Å². The number of aliphatic carboxylic acids is 1. The molecule has 0 saturated carbocycles. The number of carboxylic acid groups (broad SMARTS) is 1. The van der Waals surface area contributed by atoms with E-state index in [1.807, 2.05) is 0 Å². The van der Waals surface area contributed by atoms with E-state index in [1.165, 1.54) is 32.5 Å². The summed E-state index contributed by atoms with van der Waals surface area (Å²) in [5.74, 6) is -3.28.